The molecule has 2 atom stereocenters. The van der Waals surface area contributed by atoms with Gasteiger partial charge >= 0.3 is 0 Å². The van der Waals surface area contributed by atoms with Crippen molar-refractivity contribution in [1.82, 2.24) is 0 Å². The van der Waals surface area contributed by atoms with Gasteiger partial charge in [0.2, 0.25) is 5.24 Å². The molecule has 0 aromatic carbocycles. The summed E-state index contributed by atoms with van der Waals surface area (Å²) in [6, 6.07) is 0. The van der Waals surface area contributed by atoms with Crippen molar-refractivity contribution >= 4 is 25.2 Å². The minimum Gasteiger partial charge on any atom is -0.413 e. The van der Waals surface area contributed by atoms with E-state index >= 15 is 0 Å². The molecule has 17 heavy (non-hydrogen) atoms. The van der Waals surface area contributed by atoms with Gasteiger partial charge in [-0.1, -0.05) is 33.6 Å². The molecule has 1 rings (SSSR count). The molecule has 0 saturated heterocycles. The van der Waals surface area contributed by atoms with Crippen molar-refractivity contribution in [2.24, 2.45) is 5.92 Å². The van der Waals surface area contributed by atoms with Crippen molar-refractivity contribution in [3.63, 3.8) is 0 Å². The molecule has 0 aliphatic heterocycles. The van der Waals surface area contributed by atoms with E-state index in [0.29, 0.717) is 0 Å². The molecule has 100 valence electrons. The smallest absolute Gasteiger partial charge is 0.227 e. The van der Waals surface area contributed by atoms with Gasteiger partial charge in [0, 0.05) is 0 Å². The molecule has 0 aromatic heterocycles. The van der Waals surface area contributed by atoms with Gasteiger partial charge in [-0.25, -0.2) is 0 Å². The van der Waals surface area contributed by atoms with E-state index in [4.69, 9.17) is 16.0 Å². The van der Waals surface area contributed by atoms with Gasteiger partial charge in [-0.2, -0.15) is 0 Å². The number of hydrogen-bond donors (Lipinski definition) is 0. The zero-order chi connectivity index (χ0) is 13.3. The van der Waals surface area contributed by atoms with Crippen LogP contribution in [0.1, 0.15) is 46.5 Å². The van der Waals surface area contributed by atoms with Crippen molar-refractivity contribution in [3.05, 3.63) is 0 Å². The molecule has 1 aliphatic rings. The lowest BCUT2D eigenvalue weighted by Gasteiger charge is -2.42. The first-order valence-electron chi connectivity index (χ1n) is 6.52. The molecule has 0 radical (unpaired) electrons. The number of carbonyl (C=O) groups is 1. The molecule has 1 saturated carbocycles. The summed E-state index contributed by atoms with van der Waals surface area (Å²) >= 11 is 5.69. The summed E-state index contributed by atoms with van der Waals surface area (Å²) < 4.78 is 6.35. The molecule has 0 spiro atoms. The van der Waals surface area contributed by atoms with E-state index in [9.17, 15) is 4.79 Å². The van der Waals surface area contributed by atoms with E-state index in [1.165, 1.54) is 0 Å². The maximum atomic E-state index is 11.4. The third-order valence-corrected chi connectivity index (χ3v) is 9.03. The highest BCUT2D eigenvalue weighted by Gasteiger charge is 2.42. The Balaban J connectivity index is 2.74. The van der Waals surface area contributed by atoms with Crippen molar-refractivity contribution in [3.8, 4) is 0 Å². The minimum absolute atomic E-state index is 0.0506. The lowest BCUT2D eigenvalue weighted by atomic mass is 9.87. The van der Waals surface area contributed by atoms with Gasteiger partial charge in [0.1, 0.15) is 0 Å². The zero-order valence-corrected chi connectivity index (χ0v) is 13.4. The Hall–Kier alpha value is 0.137. The number of rotatable bonds is 3. The molecule has 0 bridgehead atoms. The molecule has 2 nitrogen and oxygen atoms in total. The van der Waals surface area contributed by atoms with E-state index in [2.05, 4.69) is 33.9 Å². The molecule has 0 N–H and O–H groups in total. The maximum Gasteiger partial charge on any atom is 0.227 e. The normalized spacial score (nSPS) is 26.9. The zero-order valence-electron chi connectivity index (χ0n) is 11.7. The summed E-state index contributed by atoms with van der Waals surface area (Å²) in [6.45, 7) is 11.1. The van der Waals surface area contributed by atoms with E-state index in [0.717, 1.165) is 25.7 Å². The first-order valence-corrected chi connectivity index (χ1v) is 9.81. The predicted molar refractivity (Wildman–Crippen MR) is 74.9 cm³/mol. The summed E-state index contributed by atoms with van der Waals surface area (Å²) in [5.41, 5.74) is 0. The summed E-state index contributed by atoms with van der Waals surface area (Å²) in [7, 11) is -1.79. The number of halogens is 1. The van der Waals surface area contributed by atoms with Crippen LogP contribution in [0, 0.1) is 5.92 Å². The second-order valence-corrected chi connectivity index (χ2v) is 11.7. The second-order valence-electron chi connectivity index (χ2n) is 6.61. The lowest BCUT2D eigenvalue weighted by Crippen LogP contribution is -2.47. The van der Waals surface area contributed by atoms with E-state index < -0.39 is 8.32 Å². The van der Waals surface area contributed by atoms with Crippen LogP contribution in [0.3, 0.4) is 0 Å². The molecule has 1 aliphatic carbocycles. The van der Waals surface area contributed by atoms with Crippen molar-refractivity contribution in [2.45, 2.75) is 70.7 Å². The molecule has 0 aromatic rings. The summed E-state index contributed by atoms with van der Waals surface area (Å²) in [6.07, 6.45) is 4.17. The summed E-state index contributed by atoms with van der Waals surface area (Å²) in [4.78, 5) is 11.4. The van der Waals surface area contributed by atoms with E-state index in [1.807, 2.05) is 0 Å². The topological polar surface area (TPSA) is 26.3 Å². The largest absolute Gasteiger partial charge is 0.413 e. The first kappa shape index (κ1) is 15.2. The fourth-order valence-electron chi connectivity index (χ4n) is 2.05. The van der Waals surface area contributed by atoms with Gasteiger partial charge in [-0.05, 0) is 42.6 Å². The summed E-state index contributed by atoms with van der Waals surface area (Å²) in [5.74, 6) is -0.0838. The van der Waals surface area contributed by atoms with Crippen LogP contribution in [0.5, 0.6) is 0 Å². The van der Waals surface area contributed by atoms with Crippen LogP contribution >= 0.6 is 11.6 Å². The fraction of sp³-hybridized carbons (Fsp3) is 0.923. The van der Waals surface area contributed by atoms with Crippen LogP contribution in [0.25, 0.3) is 0 Å². The monoisotopic (exact) mass is 276 g/mol. The van der Waals surface area contributed by atoms with Crippen LogP contribution in [0.4, 0.5) is 0 Å². The minimum atomic E-state index is -1.79. The summed E-state index contributed by atoms with van der Waals surface area (Å²) in [5, 5.41) is -0.0296. The SMILES string of the molecule is CC(C)(C)[Si](C)(C)OC1CCCCC1C(=O)Cl. The van der Waals surface area contributed by atoms with Gasteiger partial charge in [-0.3, -0.25) is 4.79 Å². The predicted octanol–water partition coefficient (Wildman–Crippen LogP) is 4.33. The highest BCUT2D eigenvalue weighted by Crippen LogP contribution is 2.40. The average molecular weight is 277 g/mol. The standard InChI is InChI=1S/C13H25ClO2Si/c1-13(2,3)17(4,5)16-11-9-7-6-8-10(11)12(14)15/h10-11H,6-9H2,1-5H3. The van der Waals surface area contributed by atoms with Crippen LogP contribution in [0.2, 0.25) is 18.1 Å². The van der Waals surface area contributed by atoms with Gasteiger partial charge in [0.15, 0.2) is 8.32 Å². The average Bonchev–Trinajstić information content (AvgIpc) is 2.15. The van der Waals surface area contributed by atoms with Gasteiger partial charge in [0.25, 0.3) is 0 Å². The quantitative estimate of drug-likeness (QED) is 0.566. The van der Waals surface area contributed by atoms with Crippen LogP contribution in [-0.4, -0.2) is 19.7 Å². The Labute approximate surface area is 111 Å². The molecule has 1 fully saturated rings. The Morgan fingerprint density at radius 2 is 1.76 bits per heavy atom. The van der Waals surface area contributed by atoms with Crippen LogP contribution in [0.15, 0.2) is 0 Å². The fourth-order valence-corrected chi connectivity index (χ4v) is 3.69. The Bertz CT molecular complexity index is 284. The molecule has 0 amide bonds. The van der Waals surface area contributed by atoms with Gasteiger partial charge in [0.05, 0.1) is 12.0 Å². The third kappa shape index (κ3) is 3.80. The molecule has 4 heteroatoms. The van der Waals surface area contributed by atoms with Crippen molar-refractivity contribution < 1.29 is 9.22 Å². The highest BCUT2D eigenvalue weighted by atomic mass is 35.5. The lowest BCUT2D eigenvalue weighted by molar-refractivity contribution is -0.119. The Morgan fingerprint density at radius 1 is 1.24 bits per heavy atom. The molecule has 0 heterocycles. The van der Waals surface area contributed by atoms with Crippen molar-refractivity contribution in [2.75, 3.05) is 0 Å². The van der Waals surface area contributed by atoms with E-state index in [1.54, 1.807) is 0 Å². The molecular formula is C13H25ClO2Si. The van der Waals surface area contributed by atoms with Crippen molar-refractivity contribution in [1.29, 1.82) is 0 Å². The first-order chi connectivity index (χ1) is 7.65. The maximum absolute atomic E-state index is 11.4. The number of hydrogen-bond acceptors (Lipinski definition) is 2. The molecular weight excluding hydrogens is 252 g/mol. The van der Waals surface area contributed by atoms with E-state index in [-0.39, 0.29) is 22.3 Å². The Kier molecular flexibility index (Phi) is 4.84. The Morgan fingerprint density at radius 3 is 2.24 bits per heavy atom. The van der Waals surface area contributed by atoms with Gasteiger partial charge < -0.3 is 4.43 Å². The third-order valence-electron chi connectivity index (χ3n) is 4.25. The van der Waals surface area contributed by atoms with Gasteiger partial charge in [-0.15, -0.1) is 0 Å². The molecule has 2 unspecified atom stereocenters. The van der Waals surface area contributed by atoms with Crippen LogP contribution < -0.4 is 0 Å². The van der Waals surface area contributed by atoms with Crippen LogP contribution in [-0.2, 0) is 9.22 Å². The second kappa shape index (κ2) is 5.41. The number of carbonyl (C=O) groups excluding carboxylic acids is 1. The highest BCUT2D eigenvalue weighted by molar-refractivity contribution is 6.74.